The molecule has 5 heteroatoms. The second-order valence-electron chi connectivity index (χ2n) is 7.38. The number of rotatable bonds is 19. The van der Waals surface area contributed by atoms with Crippen LogP contribution in [0.3, 0.4) is 0 Å². The van der Waals surface area contributed by atoms with Crippen molar-refractivity contribution in [3.63, 3.8) is 0 Å². The van der Waals surface area contributed by atoms with Crippen LogP contribution in [-0.4, -0.2) is 54.5 Å². The highest BCUT2D eigenvalue weighted by molar-refractivity contribution is 4.89. The van der Waals surface area contributed by atoms with Gasteiger partial charge in [0.25, 0.3) is 5.97 Å². The third kappa shape index (κ3) is 8.22. The highest BCUT2D eigenvalue weighted by Gasteiger charge is 2.52. The number of hydrogen-bond donors (Lipinski definition) is 2. The first-order chi connectivity index (χ1) is 12.6. The molecule has 2 N–H and O–H groups in total. The van der Waals surface area contributed by atoms with Crippen molar-refractivity contribution in [3.05, 3.63) is 0 Å². The van der Waals surface area contributed by atoms with Crippen LogP contribution < -0.4 is 10.6 Å². The average molecular weight is 375 g/mol. The fourth-order valence-corrected chi connectivity index (χ4v) is 4.18. The Bertz CT molecular complexity index is 291. The average Bonchev–Trinajstić information content (AvgIpc) is 2.66. The van der Waals surface area contributed by atoms with E-state index in [1.165, 1.54) is 38.5 Å². The van der Waals surface area contributed by atoms with E-state index in [1.54, 1.807) is 21.3 Å². The molecule has 0 amide bonds. The molecule has 0 spiro atoms. The van der Waals surface area contributed by atoms with Crippen molar-refractivity contribution >= 4 is 0 Å². The van der Waals surface area contributed by atoms with E-state index in [0.717, 1.165) is 45.2 Å². The molecule has 0 atom stereocenters. The molecular formula is C21H46N2O3. The van der Waals surface area contributed by atoms with Gasteiger partial charge in [-0.25, -0.2) is 0 Å². The third-order valence-electron chi connectivity index (χ3n) is 5.63. The van der Waals surface area contributed by atoms with Gasteiger partial charge in [-0.05, 0) is 59.3 Å². The van der Waals surface area contributed by atoms with Crippen LogP contribution >= 0.6 is 0 Å². The van der Waals surface area contributed by atoms with Gasteiger partial charge in [0.15, 0.2) is 0 Å². The van der Waals surface area contributed by atoms with E-state index in [9.17, 15) is 0 Å². The zero-order valence-electron chi connectivity index (χ0n) is 18.4. The van der Waals surface area contributed by atoms with E-state index < -0.39 is 5.97 Å². The summed E-state index contributed by atoms with van der Waals surface area (Å²) in [5.74, 6) is -0.974. The predicted octanol–water partition coefficient (Wildman–Crippen LogP) is 4.32. The standard InChI is InChI=1S/C21H46N2O3/c1-7-8-9-10-11-12-15-20(16-13-18-22-2,17-14-19-23-3)21(24-4,25-5)26-6/h22-23H,7-19H2,1-6H3. The topological polar surface area (TPSA) is 51.8 Å². The van der Waals surface area contributed by atoms with Crippen molar-refractivity contribution in [3.8, 4) is 0 Å². The van der Waals surface area contributed by atoms with Crippen LogP contribution in [0.4, 0.5) is 0 Å². The van der Waals surface area contributed by atoms with Crippen molar-refractivity contribution in [2.24, 2.45) is 5.41 Å². The summed E-state index contributed by atoms with van der Waals surface area (Å²) in [4.78, 5) is 0. The zero-order chi connectivity index (χ0) is 19.7. The molecule has 0 saturated heterocycles. The Labute approximate surface area is 162 Å². The SMILES string of the molecule is CCCCCCCCC(CCCNC)(CCCNC)C(OC)(OC)OC. The molecule has 158 valence electrons. The van der Waals surface area contributed by atoms with Crippen LogP contribution in [0.5, 0.6) is 0 Å². The molecule has 0 bridgehead atoms. The Morgan fingerprint density at radius 2 is 1.04 bits per heavy atom. The lowest BCUT2D eigenvalue weighted by atomic mass is 9.72. The maximum Gasteiger partial charge on any atom is 0.288 e. The fourth-order valence-electron chi connectivity index (χ4n) is 4.18. The van der Waals surface area contributed by atoms with Gasteiger partial charge in [-0.2, -0.15) is 0 Å². The number of nitrogens with one attached hydrogen (secondary N) is 2. The minimum Gasteiger partial charge on any atom is -0.330 e. The van der Waals surface area contributed by atoms with Gasteiger partial charge in [0.2, 0.25) is 0 Å². The first-order valence-electron chi connectivity index (χ1n) is 10.6. The van der Waals surface area contributed by atoms with Crippen molar-refractivity contribution in [2.75, 3.05) is 48.5 Å². The summed E-state index contributed by atoms with van der Waals surface area (Å²) in [6, 6.07) is 0. The van der Waals surface area contributed by atoms with Gasteiger partial charge in [-0.3, -0.25) is 0 Å². The lowest BCUT2D eigenvalue weighted by Gasteiger charge is -2.47. The molecule has 0 aliphatic heterocycles. The van der Waals surface area contributed by atoms with Crippen LogP contribution in [0.25, 0.3) is 0 Å². The number of unbranched alkanes of at least 4 members (excludes halogenated alkanes) is 5. The van der Waals surface area contributed by atoms with Gasteiger partial charge in [0.05, 0.1) is 5.41 Å². The largest absolute Gasteiger partial charge is 0.330 e. The number of hydrogen-bond acceptors (Lipinski definition) is 5. The minimum absolute atomic E-state index is 0.135. The van der Waals surface area contributed by atoms with Gasteiger partial charge >= 0.3 is 0 Å². The maximum absolute atomic E-state index is 5.87. The Balaban J connectivity index is 5.21. The van der Waals surface area contributed by atoms with Crippen LogP contribution in [0.2, 0.25) is 0 Å². The first kappa shape index (κ1) is 25.8. The summed E-state index contributed by atoms with van der Waals surface area (Å²) in [5, 5.41) is 6.54. The van der Waals surface area contributed by atoms with E-state index in [1.807, 2.05) is 14.1 Å². The summed E-state index contributed by atoms with van der Waals surface area (Å²) in [7, 11) is 9.14. The van der Waals surface area contributed by atoms with Crippen LogP contribution in [0.1, 0.15) is 77.6 Å². The Kier molecular flexibility index (Phi) is 15.7. The summed E-state index contributed by atoms with van der Waals surface area (Å²) < 4.78 is 17.6. The Morgan fingerprint density at radius 3 is 1.46 bits per heavy atom. The third-order valence-corrected chi connectivity index (χ3v) is 5.63. The van der Waals surface area contributed by atoms with Crippen molar-refractivity contribution < 1.29 is 14.2 Å². The monoisotopic (exact) mass is 374 g/mol. The number of methoxy groups -OCH3 is 3. The molecule has 0 aliphatic carbocycles. The van der Waals surface area contributed by atoms with E-state index in [4.69, 9.17) is 14.2 Å². The molecule has 0 aromatic carbocycles. The van der Waals surface area contributed by atoms with Gasteiger partial charge in [0.1, 0.15) is 0 Å². The second kappa shape index (κ2) is 15.8. The second-order valence-corrected chi connectivity index (χ2v) is 7.38. The van der Waals surface area contributed by atoms with Gasteiger partial charge in [-0.1, -0.05) is 45.4 Å². The van der Waals surface area contributed by atoms with E-state index in [2.05, 4.69) is 17.6 Å². The highest BCUT2D eigenvalue weighted by Crippen LogP contribution is 2.48. The van der Waals surface area contributed by atoms with Crippen LogP contribution in [0.15, 0.2) is 0 Å². The van der Waals surface area contributed by atoms with Crippen molar-refractivity contribution in [1.29, 1.82) is 0 Å². The molecule has 0 fully saturated rings. The summed E-state index contributed by atoms with van der Waals surface area (Å²) in [6.45, 7) is 4.26. The van der Waals surface area contributed by atoms with Crippen LogP contribution in [0, 0.1) is 5.41 Å². The van der Waals surface area contributed by atoms with Gasteiger partial charge < -0.3 is 24.8 Å². The lowest BCUT2D eigenvalue weighted by molar-refractivity contribution is -0.411. The highest BCUT2D eigenvalue weighted by atomic mass is 16.9. The normalized spacial score (nSPS) is 12.7. The molecule has 5 nitrogen and oxygen atoms in total. The lowest BCUT2D eigenvalue weighted by Crippen LogP contribution is -2.53. The molecule has 0 aliphatic rings. The van der Waals surface area contributed by atoms with Crippen molar-refractivity contribution in [1.82, 2.24) is 10.6 Å². The fraction of sp³-hybridized carbons (Fsp3) is 1.00. The van der Waals surface area contributed by atoms with Gasteiger partial charge in [-0.15, -0.1) is 0 Å². The first-order valence-corrected chi connectivity index (χ1v) is 10.6. The molecule has 0 saturated carbocycles. The Hall–Kier alpha value is -0.200. The molecule has 26 heavy (non-hydrogen) atoms. The summed E-state index contributed by atoms with van der Waals surface area (Å²) in [5.41, 5.74) is -0.135. The van der Waals surface area contributed by atoms with Gasteiger partial charge in [0, 0.05) is 21.3 Å². The summed E-state index contributed by atoms with van der Waals surface area (Å²) in [6.07, 6.45) is 13.1. The van der Waals surface area contributed by atoms with Crippen molar-refractivity contribution in [2.45, 2.75) is 83.5 Å². The molecule has 0 unspecified atom stereocenters. The van der Waals surface area contributed by atoms with E-state index in [0.29, 0.717) is 0 Å². The van der Waals surface area contributed by atoms with Crippen LogP contribution in [-0.2, 0) is 14.2 Å². The molecule has 0 aromatic heterocycles. The molecule has 0 heterocycles. The molecule has 0 rings (SSSR count). The molecular weight excluding hydrogens is 328 g/mol. The Morgan fingerprint density at radius 1 is 0.615 bits per heavy atom. The smallest absolute Gasteiger partial charge is 0.288 e. The quantitative estimate of drug-likeness (QED) is 0.260. The predicted molar refractivity (Wildman–Crippen MR) is 111 cm³/mol. The zero-order valence-corrected chi connectivity index (χ0v) is 18.4. The molecule has 0 radical (unpaired) electrons. The summed E-state index contributed by atoms with van der Waals surface area (Å²) >= 11 is 0. The minimum atomic E-state index is -0.974. The number of ether oxygens (including phenoxy) is 3. The maximum atomic E-state index is 5.87. The molecule has 0 aromatic rings. The van der Waals surface area contributed by atoms with E-state index in [-0.39, 0.29) is 5.41 Å². The van der Waals surface area contributed by atoms with E-state index >= 15 is 0 Å².